The minimum Gasteiger partial charge on any atom is -0.454 e. The summed E-state index contributed by atoms with van der Waals surface area (Å²) >= 11 is 0. The number of benzene rings is 3. The van der Waals surface area contributed by atoms with Crippen LogP contribution in [0.4, 0.5) is 5.69 Å². The molecule has 0 N–H and O–H groups in total. The molecule has 5 rings (SSSR count). The van der Waals surface area contributed by atoms with Crippen LogP contribution in [0.15, 0.2) is 77.8 Å². The van der Waals surface area contributed by atoms with Gasteiger partial charge in [-0.25, -0.2) is 13.4 Å². The van der Waals surface area contributed by atoms with E-state index >= 15 is 0 Å². The molecule has 1 fully saturated rings. The average molecular weight is 462 g/mol. The van der Waals surface area contributed by atoms with Gasteiger partial charge in [0.05, 0.1) is 11.3 Å². The molecule has 170 valence electrons. The van der Waals surface area contributed by atoms with E-state index in [0.29, 0.717) is 19.6 Å². The zero-order chi connectivity index (χ0) is 22.8. The number of rotatable bonds is 3. The molecule has 3 aromatic rings. The lowest BCUT2D eigenvalue weighted by atomic mass is 10.1. The molecule has 0 spiro atoms. The van der Waals surface area contributed by atoms with Crippen LogP contribution < -0.4 is 4.74 Å². The lowest BCUT2D eigenvalue weighted by Gasteiger charge is -2.25. The number of para-hydroxylation sites is 2. The summed E-state index contributed by atoms with van der Waals surface area (Å²) in [5.41, 5.74) is 3.65. The molecule has 2 aliphatic heterocycles. The van der Waals surface area contributed by atoms with Crippen molar-refractivity contribution in [1.82, 2.24) is 9.21 Å². The Hall–Kier alpha value is -3.16. The van der Waals surface area contributed by atoms with E-state index in [1.165, 1.54) is 0 Å². The largest absolute Gasteiger partial charge is 0.454 e. The number of sulfonamides is 1. The molecule has 3 aromatic carbocycles. The smallest absolute Gasteiger partial charge is 0.218 e. The molecule has 0 radical (unpaired) electrons. The van der Waals surface area contributed by atoms with Crippen molar-refractivity contribution >= 4 is 21.5 Å². The van der Waals surface area contributed by atoms with E-state index in [4.69, 9.17) is 9.73 Å². The molecule has 7 heteroatoms. The van der Waals surface area contributed by atoms with E-state index in [1.807, 2.05) is 66.7 Å². The van der Waals surface area contributed by atoms with Crippen LogP contribution in [0.25, 0.3) is 0 Å². The maximum absolute atomic E-state index is 13.1. The van der Waals surface area contributed by atoms with Gasteiger partial charge in [0.2, 0.25) is 10.0 Å². The summed E-state index contributed by atoms with van der Waals surface area (Å²) in [5, 5.41) is 0. The highest BCUT2D eigenvalue weighted by Crippen LogP contribution is 2.38. The molecule has 2 heterocycles. The normalized spacial score (nSPS) is 16.6. The third kappa shape index (κ3) is 4.65. The van der Waals surface area contributed by atoms with Crippen LogP contribution >= 0.6 is 0 Å². The molecule has 0 atom stereocenters. The Morgan fingerprint density at radius 3 is 2.52 bits per heavy atom. The second-order valence-corrected chi connectivity index (χ2v) is 10.5. The fourth-order valence-corrected chi connectivity index (χ4v) is 5.90. The molecule has 0 bridgehead atoms. The zero-order valence-electron chi connectivity index (χ0n) is 18.6. The Balaban J connectivity index is 1.43. The maximum Gasteiger partial charge on any atom is 0.218 e. The van der Waals surface area contributed by atoms with Gasteiger partial charge < -0.3 is 9.64 Å². The first-order valence-corrected chi connectivity index (χ1v) is 12.8. The number of amidine groups is 1. The molecule has 2 aliphatic rings. The van der Waals surface area contributed by atoms with E-state index in [0.717, 1.165) is 52.7 Å². The fraction of sp³-hybridized carbons (Fsp3) is 0.269. The number of ether oxygens (including phenoxy) is 1. The van der Waals surface area contributed by atoms with Crippen LogP contribution in [0.3, 0.4) is 0 Å². The molecular formula is C26H27N3O3S. The van der Waals surface area contributed by atoms with Gasteiger partial charge in [0.25, 0.3) is 0 Å². The summed E-state index contributed by atoms with van der Waals surface area (Å²) in [4.78, 5) is 7.19. The number of fused-ring (bicyclic) bond motifs is 2. The number of nitrogens with zero attached hydrogens (tertiary/aromatic N) is 3. The standard InChI is InChI=1S/C26H27N3O3S/c1-20-12-13-24-22(18-20)26(27-23-10-5-6-11-25(23)32-24)28-14-7-15-29(17-16-28)33(30,31)19-21-8-3-2-4-9-21/h2-6,8-13,18H,7,14-17,19H2,1H3. The van der Waals surface area contributed by atoms with Gasteiger partial charge in [-0.3, -0.25) is 0 Å². The summed E-state index contributed by atoms with van der Waals surface area (Å²) in [6, 6.07) is 23.2. The van der Waals surface area contributed by atoms with Crippen molar-refractivity contribution < 1.29 is 13.2 Å². The van der Waals surface area contributed by atoms with Crippen LogP contribution in [0, 0.1) is 6.92 Å². The highest BCUT2D eigenvalue weighted by Gasteiger charge is 2.29. The summed E-state index contributed by atoms with van der Waals surface area (Å²) in [5.74, 6) is 2.35. The van der Waals surface area contributed by atoms with Gasteiger partial charge >= 0.3 is 0 Å². The molecule has 0 aliphatic carbocycles. The fourth-order valence-electron chi connectivity index (χ4n) is 4.34. The summed E-state index contributed by atoms with van der Waals surface area (Å²) in [6.45, 7) is 4.29. The van der Waals surface area contributed by atoms with Gasteiger partial charge in [-0.05, 0) is 43.2 Å². The number of aryl methyl sites for hydroxylation is 1. The van der Waals surface area contributed by atoms with Crippen LogP contribution in [0.1, 0.15) is 23.1 Å². The third-order valence-electron chi connectivity index (χ3n) is 6.03. The minimum absolute atomic E-state index is 0.0258. The van der Waals surface area contributed by atoms with Crippen molar-refractivity contribution in [3.63, 3.8) is 0 Å². The molecule has 6 nitrogen and oxygen atoms in total. The van der Waals surface area contributed by atoms with Crippen LogP contribution in [-0.4, -0.2) is 49.6 Å². The van der Waals surface area contributed by atoms with Gasteiger partial charge in [0, 0.05) is 26.2 Å². The average Bonchev–Trinajstić information content (AvgIpc) is 3.15. The van der Waals surface area contributed by atoms with Crippen LogP contribution in [0.2, 0.25) is 0 Å². The zero-order valence-corrected chi connectivity index (χ0v) is 19.5. The Kier molecular flexibility index (Phi) is 5.91. The number of aliphatic imine (C=N–C) groups is 1. The second-order valence-electron chi connectivity index (χ2n) is 8.49. The maximum atomic E-state index is 13.1. The monoisotopic (exact) mass is 461 g/mol. The van der Waals surface area contributed by atoms with E-state index in [1.54, 1.807) is 4.31 Å². The summed E-state index contributed by atoms with van der Waals surface area (Å²) in [6.07, 6.45) is 0.733. The van der Waals surface area contributed by atoms with Crippen molar-refractivity contribution in [2.24, 2.45) is 4.99 Å². The van der Waals surface area contributed by atoms with Crippen molar-refractivity contribution in [1.29, 1.82) is 0 Å². The van der Waals surface area contributed by atoms with Crippen LogP contribution in [-0.2, 0) is 15.8 Å². The van der Waals surface area contributed by atoms with Crippen molar-refractivity contribution in [2.45, 2.75) is 19.1 Å². The van der Waals surface area contributed by atoms with E-state index < -0.39 is 10.0 Å². The summed E-state index contributed by atoms with van der Waals surface area (Å²) < 4.78 is 34.0. The number of hydrogen-bond acceptors (Lipinski definition) is 5. The summed E-state index contributed by atoms with van der Waals surface area (Å²) in [7, 11) is -3.39. The Labute approximate surface area is 195 Å². The van der Waals surface area contributed by atoms with E-state index in [-0.39, 0.29) is 5.75 Å². The van der Waals surface area contributed by atoms with Crippen molar-refractivity contribution in [3.8, 4) is 11.5 Å². The Bertz CT molecular complexity index is 1290. The Morgan fingerprint density at radius 2 is 1.67 bits per heavy atom. The van der Waals surface area contributed by atoms with E-state index in [9.17, 15) is 8.42 Å². The molecule has 33 heavy (non-hydrogen) atoms. The minimum atomic E-state index is -3.39. The van der Waals surface area contributed by atoms with Crippen molar-refractivity contribution in [3.05, 3.63) is 89.5 Å². The molecule has 0 amide bonds. The lowest BCUT2D eigenvalue weighted by molar-refractivity contribution is 0.407. The topological polar surface area (TPSA) is 62.2 Å². The number of hydrogen-bond donors (Lipinski definition) is 0. The molecule has 0 saturated carbocycles. The van der Waals surface area contributed by atoms with Gasteiger partial charge in [-0.15, -0.1) is 0 Å². The van der Waals surface area contributed by atoms with Gasteiger partial charge in [-0.1, -0.05) is 54.1 Å². The molecule has 1 saturated heterocycles. The first-order chi connectivity index (χ1) is 16.0. The third-order valence-corrected chi connectivity index (χ3v) is 7.88. The first-order valence-electron chi connectivity index (χ1n) is 11.2. The quantitative estimate of drug-likeness (QED) is 0.566. The van der Waals surface area contributed by atoms with Crippen LogP contribution in [0.5, 0.6) is 11.5 Å². The van der Waals surface area contributed by atoms with Gasteiger partial charge in [-0.2, -0.15) is 4.31 Å². The predicted octanol–water partition coefficient (Wildman–Crippen LogP) is 4.72. The first kappa shape index (κ1) is 21.7. The van der Waals surface area contributed by atoms with Gasteiger partial charge in [0.1, 0.15) is 17.3 Å². The van der Waals surface area contributed by atoms with Gasteiger partial charge in [0.15, 0.2) is 5.75 Å². The molecule has 0 unspecified atom stereocenters. The molecule has 0 aromatic heterocycles. The second kappa shape index (κ2) is 9.00. The Morgan fingerprint density at radius 1 is 0.879 bits per heavy atom. The highest BCUT2D eigenvalue weighted by molar-refractivity contribution is 7.88. The SMILES string of the molecule is Cc1ccc2c(c1)C(N1CCCN(S(=O)(=O)Cc3ccccc3)CC1)=Nc1ccccc1O2. The lowest BCUT2D eigenvalue weighted by Crippen LogP contribution is -2.38. The van der Waals surface area contributed by atoms with Crippen molar-refractivity contribution in [2.75, 3.05) is 26.2 Å². The predicted molar refractivity (Wildman–Crippen MR) is 131 cm³/mol. The molecular weight excluding hydrogens is 434 g/mol. The van der Waals surface area contributed by atoms with E-state index in [2.05, 4.69) is 17.9 Å². The highest BCUT2D eigenvalue weighted by atomic mass is 32.2.